The number of rotatable bonds is 5. The molecule has 0 fully saturated rings. The zero-order valence-electron chi connectivity index (χ0n) is 14.3. The highest BCUT2D eigenvalue weighted by atomic mass is 32.2. The van der Waals surface area contributed by atoms with Gasteiger partial charge in [-0.1, -0.05) is 18.2 Å². The fraction of sp³-hybridized carbons (Fsp3) is 0.316. The largest absolute Gasteiger partial charge is 0.490 e. The maximum atomic E-state index is 12.7. The van der Waals surface area contributed by atoms with E-state index in [-0.39, 0.29) is 11.7 Å². The van der Waals surface area contributed by atoms with Gasteiger partial charge in [-0.25, -0.2) is 0 Å². The van der Waals surface area contributed by atoms with Gasteiger partial charge in [0.2, 0.25) is 5.91 Å². The lowest BCUT2D eigenvalue weighted by Crippen LogP contribution is -2.14. The summed E-state index contributed by atoms with van der Waals surface area (Å²) in [5.74, 6) is 1.44. The SMILES string of the molecule is O=C(CSCc1cccc(C(F)(F)F)c1)Nc1ccc2c(c1)OCCCO2. The van der Waals surface area contributed by atoms with Gasteiger partial charge in [-0.15, -0.1) is 11.8 Å². The number of alkyl halides is 3. The van der Waals surface area contributed by atoms with Crippen LogP contribution >= 0.6 is 11.8 Å². The van der Waals surface area contributed by atoms with E-state index in [9.17, 15) is 18.0 Å². The molecule has 8 heteroatoms. The first-order valence-corrected chi connectivity index (χ1v) is 9.51. The van der Waals surface area contributed by atoms with Crippen molar-refractivity contribution < 1.29 is 27.4 Å². The third kappa shape index (κ3) is 5.56. The van der Waals surface area contributed by atoms with Crippen molar-refractivity contribution >= 4 is 23.4 Å². The van der Waals surface area contributed by atoms with Crippen molar-refractivity contribution in [3.63, 3.8) is 0 Å². The van der Waals surface area contributed by atoms with E-state index in [2.05, 4.69) is 5.32 Å². The van der Waals surface area contributed by atoms with Crippen molar-refractivity contribution in [3.05, 3.63) is 53.6 Å². The second-order valence-corrected chi connectivity index (χ2v) is 6.94. The Balaban J connectivity index is 1.51. The Kier molecular flexibility index (Phi) is 6.15. The third-order valence-corrected chi connectivity index (χ3v) is 4.79. The molecule has 0 saturated carbocycles. The first-order chi connectivity index (χ1) is 12.9. The lowest BCUT2D eigenvalue weighted by molar-refractivity contribution is -0.137. The molecule has 0 unspecified atom stereocenters. The first kappa shape index (κ1) is 19.4. The second kappa shape index (κ2) is 8.56. The number of hydrogen-bond acceptors (Lipinski definition) is 4. The quantitative estimate of drug-likeness (QED) is 0.792. The van der Waals surface area contributed by atoms with Crippen molar-refractivity contribution in [2.24, 2.45) is 0 Å². The molecule has 0 spiro atoms. The highest BCUT2D eigenvalue weighted by Gasteiger charge is 2.30. The smallest absolute Gasteiger partial charge is 0.416 e. The predicted octanol–water partition coefficient (Wildman–Crippen LogP) is 4.74. The van der Waals surface area contributed by atoms with Gasteiger partial charge in [0, 0.05) is 23.9 Å². The predicted molar refractivity (Wildman–Crippen MR) is 98.3 cm³/mol. The van der Waals surface area contributed by atoms with Gasteiger partial charge in [0.1, 0.15) is 0 Å². The zero-order chi connectivity index (χ0) is 19.3. The summed E-state index contributed by atoms with van der Waals surface area (Å²) in [5.41, 5.74) is 0.430. The van der Waals surface area contributed by atoms with Gasteiger partial charge >= 0.3 is 6.18 Å². The van der Waals surface area contributed by atoms with Crippen LogP contribution in [0.5, 0.6) is 11.5 Å². The Hall–Kier alpha value is -2.35. The number of hydrogen-bond donors (Lipinski definition) is 1. The maximum absolute atomic E-state index is 12.7. The van der Waals surface area contributed by atoms with E-state index in [1.165, 1.54) is 17.8 Å². The summed E-state index contributed by atoms with van der Waals surface area (Å²) in [6, 6.07) is 10.3. The highest BCUT2D eigenvalue weighted by molar-refractivity contribution is 7.99. The van der Waals surface area contributed by atoms with Crippen LogP contribution in [0.4, 0.5) is 18.9 Å². The molecule has 144 valence electrons. The minimum atomic E-state index is -4.37. The summed E-state index contributed by atoms with van der Waals surface area (Å²) >= 11 is 1.25. The first-order valence-electron chi connectivity index (χ1n) is 8.35. The molecular formula is C19H18F3NO3S. The number of fused-ring (bicyclic) bond motifs is 1. The minimum absolute atomic E-state index is 0.130. The second-order valence-electron chi connectivity index (χ2n) is 5.95. The van der Waals surface area contributed by atoms with Crippen molar-refractivity contribution in [1.82, 2.24) is 0 Å². The van der Waals surface area contributed by atoms with Gasteiger partial charge < -0.3 is 14.8 Å². The maximum Gasteiger partial charge on any atom is 0.416 e. The van der Waals surface area contributed by atoms with Crippen LogP contribution < -0.4 is 14.8 Å². The highest BCUT2D eigenvalue weighted by Crippen LogP contribution is 2.32. The van der Waals surface area contributed by atoms with E-state index in [0.29, 0.717) is 41.7 Å². The molecule has 4 nitrogen and oxygen atoms in total. The van der Waals surface area contributed by atoms with E-state index in [0.717, 1.165) is 18.6 Å². The number of amides is 1. The molecule has 27 heavy (non-hydrogen) atoms. The topological polar surface area (TPSA) is 47.6 Å². The van der Waals surface area contributed by atoms with E-state index in [1.54, 1.807) is 24.3 Å². The third-order valence-electron chi connectivity index (χ3n) is 3.79. The van der Waals surface area contributed by atoms with Gasteiger partial charge in [-0.3, -0.25) is 4.79 Å². The van der Waals surface area contributed by atoms with Crippen molar-refractivity contribution in [1.29, 1.82) is 0 Å². The Morgan fingerprint density at radius 3 is 2.63 bits per heavy atom. The standard InChI is InChI=1S/C19H18F3NO3S/c20-19(21,22)14-4-1-3-13(9-14)11-27-12-18(24)23-15-5-6-16-17(10-15)26-8-2-7-25-16/h1,3-6,9-10H,2,7-8,11-12H2,(H,23,24). The molecule has 0 aliphatic carbocycles. The average molecular weight is 397 g/mol. The average Bonchev–Trinajstić information content (AvgIpc) is 2.86. The molecule has 0 atom stereocenters. The van der Waals surface area contributed by atoms with E-state index < -0.39 is 11.7 Å². The fourth-order valence-corrected chi connectivity index (χ4v) is 3.31. The molecule has 0 aromatic heterocycles. The molecule has 2 aromatic carbocycles. The van der Waals surface area contributed by atoms with Gasteiger partial charge in [0.05, 0.1) is 24.5 Å². The summed E-state index contributed by atoms with van der Waals surface area (Å²) in [5, 5.41) is 2.76. The van der Waals surface area contributed by atoms with Crippen LogP contribution in [0.1, 0.15) is 17.5 Å². The summed E-state index contributed by atoms with van der Waals surface area (Å²) in [6.07, 6.45) is -3.57. The van der Waals surface area contributed by atoms with Crippen molar-refractivity contribution in [2.75, 3.05) is 24.3 Å². The van der Waals surface area contributed by atoms with Crippen LogP contribution in [0.2, 0.25) is 0 Å². The van der Waals surface area contributed by atoms with Crippen molar-refractivity contribution in [3.8, 4) is 11.5 Å². The number of thioether (sulfide) groups is 1. The van der Waals surface area contributed by atoms with Crippen LogP contribution in [0.25, 0.3) is 0 Å². The molecule has 0 bridgehead atoms. The lowest BCUT2D eigenvalue weighted by Gasteiger charge is -2.11. The monoisotopic (exact) mass is 397 g/mol. The van der Waals surface area contributed by atoms with E-state index >= 15 is 0 Å². The molecule has 2 aromatic rings. The Bertz CT molecular complexity index is 811. The minimum Gasteiger partial charge on any atom is -0.490 e. The number of carbonyl (C=O) groups is 1. The van der Waals surface area contributed by atoms with Gasteiger partial charge in [0.15, 0.2) is 11.5 Å². The number of benzene rings is 2. The molecular weight excluding hydrogens is 379 g/mol. The van der Waals surface area contributed by atoms with E-state index in [4.69, 9.17) is 9.47 Å². The van der Waals surface area contributed by atoms with Gasteiger partial charge in [-0.2, -0.15) is 13.2 Å². The zero-order valence-corrected chi connectivity index (χ0v) is 15.2. The summed E-state index contributed by atoms with van der Waals surface area (Å²) in [7, 11) is 0. The molecule has 1 heterocycles. The molecule has 3 rings (SSSR count). The van der Waals surface area contributed by atoms with Crippen LogP contribution in [0, 0.1) is 0 Å². The summed E-state index contributed by atoms with van der Waals surface area (Å²) in [4.78, 5) is 12.1. The van der Waals surface area contributed by atoms with Crippen LogP contribution in [0.15, 0.2) is 42.5 Å². The number of halogens is 3. The van der Waals surface area contributed by atoms with Gasteiger partial charge in [-0.05, 0) is 23.8 Å². The lowest BCUT2D eigenvalue weighted by atomic mass is 10.1. The van der Waals surface area contributed by atoms with Crippen molar-refractivity contribution in [2.45, 2.75) is 18.3 Å². The molecule has 1 N–H and O–H groups in total. The fourth-order valence-electron chi connectivity index (χ4n) is 2.54. The molecule has 1 amide bonds. The Morgan fingerprint density at radius 2 is 1.85 bits per heavy atom. The molecule has 0 radical (unpaired) electrons. The normalized spacial score (nSPS) is 13.7. The van der Waals surface area contributed by atoms with Gasteiger partial charge in [0.25, 0.3) is 0 Å². The van der Waals surface area contributed by atoms with E-state index in [1.807, 2.05) is 0 Å². The number of ether oxygens (including phenoxy) is 2. The molecule has 1 aliphatic heterocycles. The van der Waals surface area contributed by atoms with Crippen LogP contribution in [0.3, 0.4) is 0 Å². The number of anilines is 1. The van der Waals surface area contributed by atoms with Crippen LogP contribution in [-0.2, 0) is 16.7 Å². The molecule has 1 aliphatic rings. The van der Waals surface area contributed by atoms with Crippen LogP contribution in [-0.4, -0.2) is 24.9 Å². The molecule has 0 saturated heterocycles. The number of carbonyl (C=O) groups excluding carboxylic acids is 1. The summed E-state index contributed by atoms with van der Waals surface area (Å²) < 4.78 is 49.3. The number of nitrogens with one attached hydrogen (secondary N) is 1. The Labute approximate surface area is 159 Å². The summed E-state index contributed by atoms with van der Waals surface area (Å²) in [6.45, 7) is 1.14. The Morgan fingerprint density at radius 1 is 1.07 bits per heavy atom.